The molecule has 3 aromatic carbocycles. The molecule has 0 saturated carbocycles. The van der Waals surface area contributed by atoms with Gasteiger partial charge in [0.2, 0.25) is 10.0 Å². The van der Waals surface area contributed by atoms with Crippen molar-refractivity contribution in [2.24, 2.45) is 0 Å². The van der Waals surface area contributed by atoms with Gasteiger partial charge in [-0.05, 0) is 68.4 Å². The van der Waals surface area contributed by atoms with Crippen LogP contribution in [0.2, 0.25) is 5.02 Å². The molecule has 10 heteroatoms. The van der Waals surface area contributed by atoms with Crippen molar-refractivity contribution < 1.29 is 17.9 Å². The molecule has 0 aliphatic rings. The van der Waals surface area contributed by atoms with Crippen LogP contribution < -0.4 is 10.3 Å². The number of nitrogens with zero attached hydrogens (tertiary/aromatic N) is 3. The highest BCUT2D eigenvalue weighted by atomic mass is 35.5. The van der Waals surface area contributed by atoms with Gasteiger partial charge in [0.1, 0.15) is 11.6 Å². The Kier molecular flexibility index (Phi) is 7.99. The highest BCUT2D eigenvalue weighted by Crippen LogP contribution is 2.29. The Labute approximate surface area is 221 Å². The van der Waals surface area contributed by atoms with Gasteiger partial charge in [-0.1, -0.05) is 29.3 Å². The first-order valence-electron chi connectivity index (χ1n) is 11.6. The highest BCUT2D eigenvalue weighted by Gasteiger charge is 2.33. The average molecular weight is 542 g/mol. The van der Waals surface area contributed by atoms with Crippen LogP contribution in [0.3, 0.4) is 0 Å². The number of sulfonamides is 1. The van der Waals surface area contributed by atoms with Crippen LogP contribution in [0.25, 0.3) is 16.6 Å². The first-order chi connectivity index (χ1) is 17.7. The highest BCUT2D eigenvalue weighted by molar-refractivity contribution is 7.89. The van der Waals surface area contributed by atoms with Crippen molar-refractivity contribution in [2.75, 3.05) is 27.4 Å². The topological polar surface area (TPSA) is 90.7 Å². The molecule has 1 unspecified atom stereocenters. The third kappa shape index (κ3) is 5.40. The number of benzene rings is 3. The first-order valence-corrected chi connectivity index (χ1v) is 13.4. The van der Waals surface area contributed by atoms with Gasteiger partial charge in [0.25, 0.3) is 5.56 Å². The number of fused-ring (bicyclic) bond motifs is 1. The second kappa shape index (κ2) is 11.0. The molecule has 194 valence electrons. The van der Waals surface area contributed by atoms with Crippen LogP contribution in [0.5, 0.6) is 5.75 Å². The summed E-state index contributed by atoms with van der Waals surface area (Å²) in [6, 6.07) is 17.6. The van der Waals surface area contributed by atoms with Gasteiger partial charge < -0.3 is 9.47 Å². The van der Waals surface area contributed by atoms with E-state index in [1.165, 1.54) is 35.2 Å². The molecule has 0 aliphatic carbocycles. The number of hydrogen-bond acceptors (Lipinski definition) is 6. The second-order valence-electron chi connectivity index (χ2n) is 8.57. The van der Waals surface area contributed by atoms with Crippen molar-refractivity contribution in [2.45, 2.75) is 24.8 Å². The molecule has 0 radical (unpaired) electrons. The van der Waals surface area contributed by atoms with Crippen LogP contribution in [0.15, 0.2) is 76.4 Å². The number of rotatable bonds is 9. The fraction of sp³-hybridized carbons (Fsp3) is 0.259. The molecule has 1 heterocycles. The molecule has 0 aliphatic heterocycles. The largest absolute Gasteiger partial charge is 0.497 e. The van der Waals surface area contributed by atoms with E-state index in [0.717, 1.165) is 5.56 Å². The smallest absolute Gasteiger partial charge is 0.266 e. The SMILES string of the molecule is COCCN(C(C)c1nc2cc(Cl)ccc2c(=O)n1-c1ccc(C)cc1)S(=O)(=O)c1ccc(OC)cc1. The Morgan fingerprint density at radius 1 is 1.03 bits per heavy atom. The molecule has 0 N–H and O–H groups in total. The minimum atomic E-state index is -4.01. The van der Waals surface area contributed by atoms with Crippen molar-refractivity contribution >= 4 is 32.5 Å². The van der Waals surface area contributed by atoms with Gasteiger partial charge in [0.15, 0.2) is 0 Å². The van der Waals surface area contributed by atoms with E-state index in [1.807, 2.05) is 31.2 Å². The number of methoxy groups -OCH3 is 2. The molecule has 0 spiro atoms. The van der Waals surface area contributed by atoms with Crippen LogP contribution in [0, 0.1) is 6.92 Å². The monoisotopic (exact) mass is 541 g/mol. The summed E-state index contributed by atoms with van der Waals surface area (Å²) in [6.45, 7) is 3.85. The summed E-state index contributed by atoms with van der Waals surface area (Å²) in [6.07, 6.45) is 0. The number of aryl methyl sites for hydroxylation is 1. The van der Waals surface area contributed by atoms with Crippen LogP contribution in [-0.2, 0) is 14.8 Å². The Morgan fingerprint density at radius 2 is 1.70 bits per heavy atom. The normalized spacial score (nSPS) is 12.7. The van der Waals surface area contributed by atoms with E-state index in [2.05, 4.69) is 0 Å². The zero-order valence-electron chi connectivity index (χ0n) is 21.0. The van der Waals surface area contributed by atoms with E-state index in [4.69, 9.17) is 26.1 Å². The molecule has 1 atom stereocenters. The lowest BCUT2D eigenvalue weighted by Gasteiger charge is -2.29. The standard InChI is InChI=1S/C27H28ClN3O5S/c1-18-5-8-21(9-6-18)31-26(29-25-17-20(28)7-14-24(25)27(31)32)19(2)30(15-16-35-3)37(33,34)23-12-10-22(36-4)11-13-23/h5-14,17,19H,15-16H2,1-4H3. The van der Waals surface area contributed by atoms with Gasteiger partial charge in [-0.15, -0.1) is 0 Å². The molecule has 0 fully saturated rings. The van der Waals surface area contributed by atoms with Gasteiger partial charge in [-0.3, -0.25) is 9.36 Å². The fourth-order valence-corrected chi connectivity index (χ4v) is 5.86. The number of hydrogen-bond donors (Lipinski definition) is 0. The Hall–Kier alpha value is -3.24. The minimum absolute atomic E-state index is 0.0450. The van der Waals surface area contributed by atoms with Crippen molar-refractivity contribution in [1.82, 2.24) is 13.9 Å². The molecule has 0 bridgehead atoms. The fourth-order valence-electron chi connectivity index (χ4n) is 4.11. The van der Waals surface area contributed by atoms with Gasteiger partial charge in [-0.25, -0.2) is 13.4 Å². The Balaban J connectivity index is 1.94. The third-order valence-corrected chi connectivity index (χ3v) is 8.36. The lowest BCUT2D eigenvalue weighted by molar-refractivity contribution is 0.166. The summed E-state index contributed by atoms with van der Waals surface area (Å²) in [5.74, 6) is 0.800. The van der Waals surface area contributed by atoms with Crippen molar-refractivity contribution in [3.8, 4) is 11.4 Å². The quantitative estimate of drug-likeness (QED) is 0.303. The number of halogens is 1. The van der Waals surface area contributed by atoms with Crippen molar-refractivity contribution in [1.29, 1.82) is 0 Å². The predicted octanol–water partition coefficient (Wildman–Crippen LogP) is 4.75. The molecule has 1 aromatic heterocycles. The summed E-state index contributed by atoms with van der Waals surface area (Å²) in [5.41, 5.74) is 1.67. The Morgan fingerprint density at radius 3 is 2.32 bits per heavy atom. The molecule has 0 saturated heterocycles. The van der Waals surface area contributed by atoms with Crippen molar-refractivity contribution in [3.63, 3.8) is 0 Å². The second-order valence-corrected chi connectivity index (χ2v) is 10.9. The molecule has 0 amide bonds. The molecule has 37 heavy (non-hydrogen) atoms. The van der Waals surface area contributed by atoms with E-state index in [0.29, 0.717) is 27.4 Å². The summed E-state index contributed by atoms with van der Waals surface area (Å²) in [7, 11) is -0.996. The van der Waals surface area contributed by atoms with E-state index in [-0.39, 0.29) is 29.4 Å². The van der Waals surface area contributed by atoms with Gasteiger partial charge in [0.05, 0.1) is 41.2 Å². The van der Waals surface area contributed by atoms with E-state index < -0.39 is 16.1 Å². The zero-order valence-corrected chi connectivity index (χ0v) is 22.6. The lowest BCUT2D eigenvalue weighted by atomic mass is 10.2. The molecular weight excluding hydrogens is 514 g/mol. The molecular formula is C27H28ClN3O5S. The van der Waals surface area contributed by atoms with E-state index >= 15 is 0 Å². The van der Waals surface area contributed by atoms with Gasteiger partial charge in [0, 0.05) is 18.7 Å². The number of aromatic nitrogens is 2. The third-order valence-electron chi connectivity index (χ3n) is 6.14. The van der Waals surface area contributed by atoms with Gasteiger partial charge in [-0.2, -0.15) is 4.31 Å². The summed E-state index contributed by atoms with van der Waals surface area (Å²) in [5, 5.41) is 0.801. The summed E-state index contributed by atoms with van der Waals surface area (Å²) >= 11 is 6.20. The predicted molar refractivity (Wildman–Crippen MR) is 144 cm³/mol. The summed E-state index contributed by atoms with van der Waals surface area (Å²) in [4.78, 5) is 18.6. The van der Waals surface area contributed by atoms with E-state index in [9.17, 15) is 13.2 Å². The minimum Gasteiger partial charge on any atom is -0.497 e. The van der Waals surface area contributed by atoms with Gasteiger partial charge >= 0.3 is 0 Å². The molecule has 4 aromatic rings. The van der Waals surface area contributed by atoms with Crippen LogP contribution in [0.4, 0.5) is 0 Å². The summed E-state index contributed by atoms with van der Waals surface area (Å²) < 4.78 is 40.8. The maximum absolute atomic E-state index is 13.8. The van der Waals surface area contributed by atoms with Crippen LogP contribution in [-0.4, -0.2) is 49.6 Å². The average Bonchev–Trinajstić information content (AvgIpc) is 2.89. The maximum atomic E-state index is 13.8. The lowest BCUT2D eigenvalue weighted by Crippen LogP contribution is -2.39. The van der Waals surface area contributed by atoms with Crippen LogP contribution >= 0.6 is 11.6 Å². The van der Waals surface area contributed by atoms with Crippen LogP contribution in [0.1, 0.15) is 24.4 Å². The number of ether oxygens (including phenoxy) is 2. The van der Waals surface area contributed by atoms with Crippen molar-refractivity contribution in [3.05, 3.63) is 93.5 Å². The maximum Gasteiger partial charge on any atom is 0.266 e. The Bertz CT molecular complexity index is 1570. The molecule has 8 nitrogen and oxygen atoms in total. The molecule has 4 rings (SSSR count). The first kappa shape index (κ1) is 26.8. The van der Waals surface area contributed by atoms with E-state index in [1.54, 1.807) is 37.3 Å². The zero-order chi connectivity index (χ0) is 26.7.